The van der Waals surface area contributed by atoms with Crippen LogP contribution < -0.4 is 10.2 Å². The molecule has 0 aliphatic rings. The number of esters is 1. The van der Waals surface area contributed by atoms with Gasteiger partial charge in [-0.15, -0.1) is 0 Å². The number of hydrogen-bond acceptors (Lipinski definition) is 5. The second kappa shape index (κ2) is 10.2. The fourth-order valence-electron chi connectivity index (χ4n) is 3.12. The fraction of sp³-hybridized carbons (Fsp3) is 0.261. The molecule has 2 aromatic carbocycles. The molecule has 0 saturated heterocycles. The van der Waals surface area contributed by atoms with E-state index in [0.717, 1.165) is 27.8 Å². The summed E-state index contributed by atoms with van der Waals surface area (Å²) in [5.74, 6) is 0.259. The third-order valence-electron chi connectivity index (χ3n) is 4.42. The molecule has 30 heavy (non-hydrogen) atoms. The molecular weight excluding hydrogens is 382 g/mol. The molecule has 7 nitrogen and oxygen atoms in total. The standard InChI is InChI=1S/C23H25N3O4/c1-3-29-19-11-9-17(10-12-19)13-22(27)25-24-14-18-15-26(16-23(28)30-4-2)21-8-6-5-7-20(18)21/h5-12,14-15H,3-4,13,16H2,1-2H3,(H,25,27)/b24-14-. The number of fused-ring (bicyclic) bond motifs is 1. The van der Waals surface area contributed by atoms with Crippen molar-refractivity contribution in [2.75, 3.05) is 13.2 Å². The van der Waals surface area contributed by atoms with Gasteiger partial charge in [0.2, 0.25) is 5.91 Å². The van der Waals surface area contributed by atoms with Crippen molar-refractivity contribution < 1.29 is 19.1 Å². The zero-order valence-corrected chi connectivity index (χ0v) is 17.1. The molecule has 1 N–H and O–H groups in total. The SMILES string of the molecule is CCOC(=O)Cn1cc(/C=N\NC(=O)Cc2ccc(OCC)cc2)c2ccccc21. The summed E-state index contributed by atoms with van der Waals surface area (Å²) >= 11 is 0. The van der Waals surface area contributed by atoms with Crippen molar-refractivity contribution in [3.63, 3.8) is 0 Å². The number of benzene rings is 2. The number of nitrogens with zero attached hydrogens (tertiary/aromatic N) is 2. The smallest absolute Gasteiger partial charge is 0.325 e. The van der Waals surface area contributed by atoms with Gasteiger partial charge in [-0.05, 0) is 37.6 Å². The van der Waals surface area contributed by atoms with Crippen LogP contribution in [0.5, 0.6) is 5.75 Å². The lowest BCUT2D eigenvalue weighted by Crippen LogP contribution is -2.19. The summed E-state index contributed by atoms with van der Waals surface area (Å²) in [4.78, 5) is 24.0. The number of hydrazone groups is 1. The molecule has 0 fully saturated rings. The van der Waals surface area contributed by atoms with Gasteiger partial charge in [0, 0.05) is 22.7 Å². The Kier molecular flexibility index (Phi) is 7.21. The average molecular weight is 407 g/mol. The first-order valence-corrected chi connectivity index (χ1v) is 9.87. The van der Waals surface area contributed by atoms with Crippen LogP contribution in [0.1, 0.15) is 25.0 Å². The van der Waals surface area contributed by atoms with Crippen molar-refractivity contribution in [2.45, 2.75) is 26.8 Å². The number of ether oxygens (including phenoxy) is 2. The van der Waals surface area contributed by atoms with Crippen molar-refractivity contribution in [1.29, 1.82) is 0 Å². The van der Waals surface area contributed by atoms with E-state index in [0.29, 0.717) is 13.2 Å². The first-order valence-electron chi connectivity index (χ1n) is 9.87. The summed E-state index contributed by atoms with van der Waals surface area (Å²) in [6.07, 6.45) is 3.62. The molecule has 0 atom stereocenters. The maximum atomic E-state index is 12.2. The zero-order chi connectivity index (χ0) is 21.3. The Morgan fingerprint density at radius 2 is 1.83 bits per heavy atom. The topological polar surface area (TPSA) is 81.9 Å². The first-order chi connectivity index (χ1) is 14.6. The molecule has 0 aliphatic carbocycles. The Morgan fingerprint density at radius 3 is 2.57 bits per heavy atom. The van der Waals surface area contributed by atoms with Gasteiger partial charge in [-0.2, -0.15) is 5.10 Å². The summed E-state index contributed by atoms with van der Waals surface area (Å²) < 4.78 is 12.3. The number of amides is 1. The molecule has 0 radical (unpaired) electrons. The minimum Gasteiger partial charge on any atom is -0.494 e. The van der Waals surface area contributed by atoms with E-state index in [4.69, 9.17) is 9.47 Å². The number of rotatable bonds is 9. The van der Waals surface area contributed by atoms with E-state index in [1.165, 1.54) is 0 Å². The molecule has 0 aliphatic heterocycles. The quantitative estimate of drug-likeness (QED) is 0.335. The van der Waals surface area contributed by atoms with Gasteiger partial charge in [0.25, 0.3) is 0 Å². The van der Waals surface area contributed by atoms with Crippen molar-refractivity contribution in [3.8, 4) is 5.75 Å². The molecule has 0 spiro atoms. The Labute approximate surface area is 175 Å². The monoisotopic (exact) mass is 407 g/mol. The number of hydrogen-bond donors (Lipinski definition) is 1. The predicted molar refractivity (Wildman–Crippen MR) is 116 cm³/mol. The van der Waals surface area contributed by atoms with Crippen LogP contribution in [0.15, 0.2) is 59.8 Å². The van der Waals surface area contributed by atoms with Gasteiger partial charge in [0.05, 0.1) is 25.8 Å². The molecule has 156 valence electrons. The Hall–Kier alpha value is -3.61. The van der Waals surface area contributed by atoms with Crippen LogP contribution in [0.3, 0.4) is 0 Å². The lowest BCUT2D eigenvalue weighted by atomic mass is 10.1. The lowest BCUT2D eigenvalue weighted by molar-refractivity contribution is -0.143. The van der Waals surface area contributed by atoms with Crippen molar-refractivity contribution in [2.24, 2.45) is 5.10 Å². The Bertz CT molecular complexity index is 1040. The van der Waals surface area contributed by atoms with Crippen molar-refractivity contribution in [1.82, 2.24) is 9.99 Å². The second-order valence-corrected chi connectivity index (χ2v) is 6.58. The van der Waals surface area contributed by atoms with Crippen LogP contribution in [0.2, 0.25) is 0 Å². The molecule has 0 saturated carbocycles. The van der Waals surface area contributed by atoms with Gasteiger partial charge in [-0.3, -0.25) is 9.59 Å². The largest absolute Gasteiger partial charge is 0.494 e. The van der Waals surface area contributed by atoms with Crippen LogP contribution in [-0.4, -0.2) is 35.9 Å². The summed E-state index contributed by atoms with van der Waals surface area (Å²) in [6.45, 7) is 4.76. The van der Waals surface area contributed by atoms with E-state index in [1.54, 1.807) is 13.1 Å². The lowest BCUT2D eigenvalue weighted by Gasteiger charge is -2.04. The Morgan fingerprint density at radius 1 is 1.07 bits per heavy atom. The van der Waals surface area contributed by atoms with E-state index >= 15 is 0 Å². The highest BCUT2D eigenvalue weighted by molar-refractivity contribution is 6.00. The van der Waals surface area contributed by atoms with Gasteiger partial charge in [0.1, 0.15) is 12.3 Å². The van der Waals surface area contributed by atoms with Gasteiger partial charge >= 0.3 is 5.97 Å². The average Bonchev–Trinajstić information content (AvgIpc) is 3.07. The van der Waals surface area contributed by atoms with Crippen LogP contribution in [0.4, 0.5) is 0 Å². The van der Waals surface area contributed by atoms with Gasteiger partial charge in [-0.1, -0.05) is 30.3 Å². The van der Waals surface area contributed by atoms with Gasteiger partial charge in [-0.25, -0.2) is 5.43 Å². The number of nitrogens with one attached hydrogen (secondary N) is 1. The molecule has 3 rings (SSSR count). The number of para-hydroxylation sites is 1. The van der Waals surface area contributed by atoms with Gasteiger partial charge < -0.3 is 14.0 Å². The van der Waals surface area contributed by atoms with E-state index in [1.807, 2.05) is 66.2 Å². The molecule has 0 bridgehead atoms. The Balaban J connectivity index is 1.65. The predicted octanol–water partition coefficient (Wildman–Crippen LogP) is 3.30. The van der Waals surface area contributed by atoms with E-state index in [2.05, 4.69) is 10.5 Å². The highest BCUT2D eigenvalue weighted by Gasteiger charge is 2.10. The summed E-state index contributed by atoms with van der Waals surface area (Å²) in [5, 5.41) is 5.02. The normalized spacial score (nSPS) is 11.0. The van der Waals surface area contributed by atoms with Crippen LogP contribution >= 0.6 is 0 Å². The third-order valence-corrected chi connectivity index (χ3v) is 4.42. The molecule has 1 aromatic heterocycles. The van der Waals surface area contributed by atoms with Crippen molar-refractivity contribution in [3.05, 3.63) is 65.9 Å². The summed E-state index contributed by atoms with van der Waals surface area (Å²) in [5.41, 5.74) is 5.12. The molecular formula is C23H25N3O4. The summed E-state index contributed by atoms with van der Waals surface area (Å²) in [6, 6.07) is 15.1. The minimum absolute atomic E-state index is 0.117. The molecule has 7 heteroatoms. The maximum absolute atomic E-state index is 12.2. The summed E-state index contributed by atoms with van der Waals surface area (Å²) in [7, 11) is 0. The molecule has 1 heterocycles. The van der Waals surface area contributed by atoms with Crippen LogP contribution in [-0.2, 0) is 27.3 Å². The van der Waals surface area contributed by atoms with Crippen LogP contribution in [0, 0.1) is 0 Å². The maximum Gasteiger partial charge on any atom is 0.325 e. The van der Waals surface area contributed by atoms with E-state index in [9.17, 15) is 9.59 Å². The molecule has 1 amide bonds. The van der Waals surface area contributed by atoms with E-state index in [-0.39, 0.29) is 24.8 Å². The number of carbonyl (C=O) groups is 2. The highest BCUT2D eigenvalue weighted by atomic mass is 16.5. The zero-order valence-electron chi connectivity index (χ0n) is 17.1. The second-order valence-electron chi connectivity index (χ2n) is 6.58. The third kappa shape index (κ3) is 5.47. The van der Waals surface area contributed by atoms with Gasteiger partial charge in [0.15, 0.2) is 0 Å². The molecule has 0 unspecified atom stereocenters. The fourth-order valence-corrected chi connectivity index (χ4v) is 3.12. The highest BCUT2D eigenvalue weighted by Crippen LogP contribution is 2.20. The number of aromatic nitrogens is 1. The minimum atomic E-state index is -0.301. The first kappa shape index (κ1) is 21.1. The van der Waals surface area contributed by atoms with E-state index < -0.39 is 0 Å². The number of carbonyl (C=O) groups excluding carboxylic acids is 2. The van der Waals surface area contributed by atoms with Crippen molar-refractivity contribution >= 4 is 29.0 Å². The molecule has 3 aromatic rings. The van der Waals surface area contributed by atoms with Crippen LogP contribution in [0.25, 0.3) is 10.9 Å².